The zero-order valence-corrected chi connectivity index (χ0v) is 13.2. The third kappa shape index (κ3) is 2.77. The first-order chi connectivity index (χ1) is 9.59. The Morgan fingerprint density at radius 2 is 1.85 bits per heavy atom. The maximum absolute atomic E-state index is 3.73. The van der Waals surface area contributed by atoms with Gasteiger partial charge in [0, 0.05) is 25.2 Å². The number of rotatable bonds is 3. The van der Waals surface area contributed by atoms with Crippen molar-refractivity contribution >= 4 is 0 Å². The van der Waals surface area contributed by atoms with Crippen molar-refractivity contribution in [3.63, 3.8) is 0 Å². The maximum Gasteiger partial charge on any atom is 0.0261 e. The molecule has 1 saturated carbocycles. The number of nitrogens with zero attached hydrogens (tertiary/aromatic N) is 1. The lowest BCUT2D eigenvalue weighted by atomic mass is 9.72. The van der Waals surface area contributed by atoms with Gasteiger partial charge in [0.05, 0.1) is 0 Å². The number of nitrogens with one attached hydrogen (secondary N) is 1. The van der Waals surface area contributed by atoms with Gasteiger partial charge in [0.1, 0.15) is 0 Å². The van der Waals surface area contributed by atoms with Crippen molar-refractivity contribution in [2.45, 2.75) is 65.2 Å². The molecule has 2 atom stereocenters. The molecule has 0 amide bonds. The Balaban J connectivity index is 1.77. The highest BCUT2D eigenvalue weighted by Gasteiger charge is 2.39. The van der Waals surface area contributed by atoms with E-state index < -0.39 is 0 Å². The van der Waals surface area contributed by atoms with Crippen LogP contribution in [0.15, 0.2) is 24.3 Å². The molecule has 1 aromatic carbocycles. The third-order valence-electron chi connectivity index (χ3n) is 5.16. The predicted molar refractivity (Wildman–Crippen MR) is 84.6 cm³/mol. The quantitative estimate of drug-likeness (QED) is 0.905. The van der Waals surface area contributed by atoms with Crippen molar-refractivity contribution in [2.75, 3.05) is 6.54 Å². The highest BCUT2D eigenvalue weighted by molar-refractivity contribution is 5.30. The molecule has 1 N–H and O–H groups in total. The minimum Gasteiger partial charge on any atom is -0.313 e. The fourth-order valence-corrected chi connectivity index (χ4v) is 4.03. The fourth-order valence-electron chi connectivity index (χ4n) is 4.03. The average Bonchev–Trinajstić information content (AvgIpc) is 2.84. The second-order valence-corrected chi connectivity index (χ2v) is 7.31. The van der Waals surface area contributed by atoms with E-state index >= 15 is 0 Å². The predicted octanol–water partition coefficient (Wildman–Crippen LogP) is 3.56. The molecule has 3 rings (SSSR count). The normalized spacial score (nSPS) is 29.4. The second kappa shape index (κ2) is 5.50. The molecule has 2 unspecified atom stereocenters. The van der Waals surface area contributed by atoms with Crippen molar-refractivity contribution < 1.29 is 0 Å². The zero-order valence-electron chi connectivity index (χ0n) is 13.2. The molecule has 0 bridgehead atoms. The summed E-state index contributed by atoms with van der Waals surface area (Å²) in [6.45, 7) is 10.5. The molecule has 0 radical (unpaired) electrons. The Kier molecular flexibility index (Phi) is 3.87. The summed E-state index contributed by atoms with van der Waals surface area (Å²) in [7, 11) is 0. The highest BCUT2D eigenvalue weighted by Crippen LogP contribution is 2.39. The first-order valence-electron chi connectivity index (χ1n) is 8.13. The van der Waals surface area contributed by atoms with Crippen LogP contribution < -0.4 is 5.32 Å². The second-order valence-electron chi connectivity index (χ2n) is 7.31. The van der Waals surface area contributed by atoms with Crippen LogP contribution >= 0.6 is 0 Å². The average molecular weight is 272 g/mol. The van der Waals surface area contributed by atoms with Gasteiger partial charge in [-0.15, -0.1) is 0 Å². The smallest absolute Gasteiger partial charge is 0.0261 e. The molecule has 110 valence electrons. The number of hydrogen-bond acceptors (Lipinski definition) is 2. The summed E-state index contributed by atoms with van der Waals surface area (Å²) in [6.07, 6.45) is 3.99. The van der Waals surface area contributed by atoms with Crippen LogP contribution in [-0.2, 0) is 13.1 Å². The van der Waals surface area contributed by atoms with Crippen LogP contribution in [0.5, 0.6) is 0 Å². The van der Waals surface area contributed by atoms with E-state index in [0.717, 1.165) is 19.6 Å². The van der Waals surface area contributed by atoms with Crippen molar-refractivity contribution in [3.05, 3.63) is 35.4 Å². The summed E-state index contributed by atoms with van der Waals surface area (Å²) in [4.78, 5) is 2.71. The van der Waals surface area contributed by atoms with Gasteiger partial charge < -0.3 is 5.32 Å². The monoisotopic (exact) mass is 272 g/mol. The van der Waals surface area contributed by atoms with Crippen molar-refractivity contribution in [2.24, 2.45) is 5.41 Å². The fraction of sp³-hybridized carbons (Fsp3) is 0.667. The molecule has 0 saturated heterocycles. The van der Waals surface area contributed by atoms with Gasteiger partial charge in [-0.1, -0.05) is 45.0 Å². The van der Waals surface area contributed by atoms with E-state index in [2.05, 4.69) is 55.3 Å². The molecule has 0 spiro atoms. The number of hydrogen-bond donors (Lipinski definition) is 1. The van der Waals surface area contributed by atoms with E-state index in [1.807, 2.05) is 0 Å². The Morgan fingerprint density at radius 3 is 2.45 bits per heavy atom. The van der Waals surface area contributed by atoms with Gasteiger partial charge in [-0.05, 0) is 42.3 Å². The van der Waals surface area contributed by atoms with Gasteiger partial charge in [-0.2, -0.15) is 0 Å². The standard InChI is InChI=1S/C18H28N2/c1-4-19-16-9-10-18(2,3)11-17(16)20-12-14-7-5-6-8-15(14)13-20/h5-8,16-17,19H,4,9-13H2,1-3H3. The summed E-state index contributed by atoms with van der Waals surface area (Å²) < 4.78 is 0. The summed E-state index contributed by atoms with van der Waals surface area (Å²) >= 11 is 0. The Hall–Kier alpha value is -0.860. The third-order valence-corrected chi connectivity index (χ3v) is 5.16. The molecule has 1 aromatic rings. The molecule has 20 heavy (non-hydrogen) atoms. The molecule has 1 aliphatic carbocycles. The topological polar surface area (TPSA) is 15.3 Å². The highest BCUT2D eigenvalue weighted by atomic mass is 15.2. The van der Waals surface area contributed by atoms with Crippen LogP contribution in [-0.4, -0.2) is 23.5 Å². The summed E-state index contributed by atoms with van der Waals surface area (Å²) in [6, 6.07) is 10.3. The number of fused-ring (bicyclic) bond motifs is 1. The van der Waals surface area contributed by atoms with Gasteiger partial charge in [0.25, 0.3) is 0 Å². The Morgan fingerprint density at radius 1 is 1.20 bits per heavy atom. The molecular weight excluding hydrogens is 244 g/mol. The van der Waals surface area contributed by atoms with Crippen LogP contribution in [0.2, 0.25) is 0 Å². The van der Waals surface area contributed by atoms with Crippen molar-refractivity contribution in [3.8, 4) is 0 Å². The Labute approximate surface area is 123 Å². The van der Waals surface area contributed by atoms with Crippen LogP contribution in [0.3, 0.4) is 0 Å². The lowest BCUT2D eigenvalue weighted by molar-refractivity contribution is 0.0632. The van der Waals surface area contributed by atoms with E-state index in [1.165, 1.54) is 30.4 Å². The van der Waals surface area contributed by atoms with Crippen molar-refractivity contribution in [1.82, 2.24) is 10.2 Å². The van der Waals surface area contributed by atoms with Gasteiger partial charge >= 0.3 is 0 Å². The molecule has 2 aliphatic rings. The summed E-state index contributed by atoms with van der Waals surface area (Å²) in [5.41, 5.74) is 3.56. The van der Waals surface area contributed by atoms with Crippen LogP contribution in [0.4, 0.5) is 0 Å². The van der Waals surface area contributed by atoms with E-state index in [1.54, 1.807) is 0 Å². The number of benzene rings is 1. The van der Waals surface area contributed by atoms with Gasteiger partial charge in [-0.25, -0.2) is 0 Å². The largest absolute Gasteiger partial charge is 0.313 e. The van der Waals surface area contributed by atoms with E-state index in [4.69, 9.17) is 0 Å². The number of likely N-dealkylation sites (N-methyl/N-ethyl adjacent to an activating group) is 1. The Bertz CT molecular complexity index is 441. The van der Waals surface area contributed by atoms with Crippen LogP contribution in [0, 0.1) is 5.41 Å². The minimum atomic E-state index is 0.491. The molecular formula is C18H28N2. The minimum absolute atomic E-state index is 0.491. The zero-order chi connectivity index (χ0) is 14.2. The summed E-state index contributed by atoms with van der Waals surface area (Å²) in [5, 5.41) is 3.73. The first-order valence-corrected chi connectivity index (χ1v) is 8.13. The van der Waals surface area contributed by atoms with Crippen molar-refractivity contribution in [1.29, 1.82) is 0 Å². The molecule has 1 fully saturated rings. The lowest BCUT2D eigenvalue weighted by Gasteiger charge is -2.45. The SMILES string of the molecule is CCNC1CCC(C)(C)CC1N1Cc2ccccc2C1. The molecule has 1 aliphatic heterocycles. The lowest BCUT2D eigenvalue weighted by Crippen LogP contribution is -2.53. The van der Waals surface area contributed by atoms with Gasteiger partial charge in [0.15, 0.2) is 0 Å². The molecule has 0 aromatic heterocycles. The molecule has 2 heteroatoms. The first kappa shape index (κ1) is 14.1. The van der Waals surface area contributed by atoms with E-state index in [0.29, 0.717) is 17.5 Å². The summed E-state index contributed by atoms with van der Waals surface area (Å²) in [5.74, 6) is 0. The van der Waals surface area contributed by atoms with Gasteiger partial charge in [-0.3, -0.25) is 4.90 Å². The van der Waals surface area contributed by atoms with Crippen LogP contribution in [0.1, 0.15) is 51.2 Å². The maximum atomic E-state index is 3.73. The molecule has 1 heterocycles. The van der Waals surface area contributed by atoms with E-state index in [-0.39, 0.29) is 0 Å². The van der Waals surface area contributed by atoms with E-state index in [9.17, 15) is 0 Å². The van der Waals surface area contributed by atoms with Crippen LogP contribution in [0.25, 0.3) is 0 Å². The van der Waals surface area contributed by atoms with Gasteiger partial charge in [0.2, 0.25) is 0 Å². The molecule has 2 nitrogen and oxygen atoms in total.